The number of aryl methyl sites for hydroxylation is 1. The van der Waals surface area contributed by atoms with Gasteiger partial charge in [0, 0.05) is 30.7 Å². The molecule has 0 saturated heterocycles. The zero-order valence-corrected chi connectivity index (χ0v) is 31.3. The van der Waals surface area contributed by atoms with Crippen molar-refractivity contribution in [1.29, 1.82) is 0 Å². The lowest BCUT2D eigenvalue weighted by Gasteiger charge is -2.38. The molecular formula is C40H47N3O7S. The van der Waals surface area contributed by atoms with Crippen molar-refractivity contribution in [3.05, 3.63) is 99.1 Å². The zero-order chi connectivity index (χ0) is 36.0. The number of rotatable bonds is 6. The first-order valence-electron chi connectivity index (χ1n) is 17.4. The lowest BCUT2D eigenvalue weighted by Crippen LogP contribution is -2.34. The van der Waals surface area contributed by atoms with Gasteiger partial charge in [0.2, 0.25) is 15.8 Å². The van der Waals surface area contributed by atoms with Crippen LogP contribution in [0.4, 0.5) is 0 Å². The third-order valence-electron chi connectivity index (χ3n) is 10.8. The molecule has 8 rings (SSSR count). The molecule has 270 valence electrons. The van der Waals surface area contributed by atoms with Gasteiger partial charge in [-0.2, -0.15) is 0 Å². The molecule has 4 heterocycles. The Kier molecular flexibility index (Phi) is 9.66. The number of fused-ring (bicyclic) bond motifs is 2. The first kappa shape index (κ1) is 35.1. The molecule has 11 heteroatoms. The first-order valence-corrected chi connectivity index (χ1v) is 19.0. The number of ether oxygens (including phenoxy) is 5. The SMILES string of the molecule is CNS(=O)(=O)Cc1cc(OC)c2cc1C[C@H]1c3c(cc(OC)c(OC)c3Oc3cc4c(cc3C)CCN(C)[C@H]4Cc3ccc(cc3)O2)CCN1C. The minimum atomic E-state index is -3.62. The second-order valence-electron chi connectivity index (χ2n) is 13.8. The summed E-state index contributed by atoms with van der Waals surface area (Å²) in [6.07, 6.45) is 3.03. The number of likely N-dealkylation sites (N-methyl/N-ethyl adjacent to an activating group) is 2. The van der Waals surface area contributed by atoms with Gasteiger partial charge in [-0.25, -0.2) is 13.1 Å². The predicted octanol–water partition coefficient (Wildman–Crippen LogP) is 6.51. The summed E-state index contributed by atoms with van der Waals surface area (Å²) in [7, 11) is 6.95. The number of benzene rings is 4. The van der Waals surface area contributed by atoms with Gasteiger partial charge in [0.25, 0.3) is 0 Å². The van der Waals surface area contributed by atoms with Crippen LogP contribution in [0.3, 0.4) is 0 Å². The maximum Gasteiger partial charge on any atom is 0.215 e. The van der Waals surface area contributed by atoms with Crippen LogP contribution in [-0.4, -0.2) is 73.8 Å². The fourth-order valence-corrected chi connectivity index (χ4v) is 8.66. The first-order chi connectivity index (χ1) is 24.5. The van der Waals surface area contributed by atoms with Gasteiger partial charge in [-0.15, -0.1) is 0 Å². The molecule has 0 spiro atoms. The molecule has 2 atom stereocenters. The summed E-state index contributed by atoms with van der Waals surface area (Å²) in [5.41, 5.74) is 8.37. The molecule has 4 aliphatic rings. The summed E-state index contributed by atoms with van der Waals surface area (Å²) in [6.45, 7) is 3.86. The van der Waals surface area contributed by atoms with Gasteiger partial charge < -0.3 is 23.7 Å². The number of methoxy groups -OCH3 is 3. The van der Waals surface area contributed by atoms with E-state index in [1.807, 2.05) is 18.2 Å². The smallest absolute Gasteiger partial charge is 0.215 e. The Morgan fingerprint density at radius 1 is 0.784 bits per heavy atom. The molecular weight excluding hydrogens is 667 g/mol. The molecule has 0 saturated carbocycles. The summed E-state index contributed by atoms with van der Waals surface area (Å²) in [4.78, 5) is 4.72. The van der Waals surface area contributed by atoms with Crippen molar-refractivity contribution >= 4 is 10.0 Å². The van der Waals surface area contributed by atoms with Gasteiger partial charge in [-0.1, -0.05) is 18.2 Å². The Bertz CT molecular complexity index is 2070. The molecule has 6 bridgehead atoms. The number of hydrogen-bond donors (Lipinski definition) is 1. The van der Waals surface area contributed by atoms with E-state index in [-0.39, 0.29) is 17.8 Å². The van der Waals surface area contributed by atoms with E-state index in [9.17, 15) is 8.42 Å². The largest absolute Gasteiger partial charge is 0.493 e. The minimum absolute atomic E-state index is 0.159. The number of hydrogen-bond acceptors (Lipinski definition) is 9. The summed E-state index contributed by atoms with van der Waals surface area (Å²) in [5.74, 6) is 3.93. The van der Waals surface area contributed by atoms with E-state index < -0.39 is 10.0 Å². The average molecular weight is 714 g/mol. The van der Waals surface area contributed by atoms with Crippen LogP contribution < -0.4 is 28.4 Å². The average Bonchev–Trinajstić information content (AvgIpc) is 3.12. The molecule has 0 aliphatic carbocycles. The van der Waals surface area contributed by atoms with Gasteiger partial charge in [0.15, 0.2) is 23.0 Å². The maximum atomic E-state index is 13.0. The molecule has 0 fully saturated rings. The number of nitrogens with one attached hydrogen (secondary N) is 1. The van der Waals surface area contributed by atoms with Crippen molar-refractivity contribution in [2.24, 2.45) is 0 Å². The number of sulfonamides is 1. The van der Waals surface area contributed by atoms with Gasteiger partial charge in [0.05, 0.1) is 27.1 Å². The van der Waals surface area contributed by atoms with Crippen LogP contribution in [0.5, 0.6) is 40.2 Å². The molecule has 4 aromatic rings. The van der Waals surface area contributed by atoms with Crippen molar-refractivity contribution in [2.45, 2.75) is 50.4 Å². The normalized spacial score (nSPS) is 18.9. The van der Waals surface area contributed by atoms with E-state index in [2.05, 4.69) is 65.9 Å². The van der Waals surface area contributed by atoms with E-state index in [4.69, 9.17) is 23.7 Å². The molecule has 10 nitrogen and oxygen atoms in total. The molecule has 4 aliphatic heterocycles. The Labute approximate surface area is 301 Å². The van der Waals surface area contributed by atoms with E-state index in [1.165, 1.54) is 23.7 Å². The molecule has 4 aromatic carbocycles. The van der Waals surface area contributed by atoms with Crippen LogP contribution in [0.25, 0.3) is 0 Å². The number of nitrogens with zero attached hydrogens (tertiary/aromatic N) is 2. The molecule has 51 heavy (non-hydrogen) atoms. The van der Waals surface area contributed by atoms with Gasteiger partial charge in [-0.3, -0.25) is 9.80 Å². The predicted molar refractivity (Wildman–Crippen MR) is 198 cm³/mol. The van der Waals surface area contributed by atoms with Crippen LogP contribution in [0.1, 0.15) is 56.6 Å². The lowest BCUT2D eigenvalue weighted by molar-refractivity contribution is 0.220. The second-order valence-corrected chi connectivity index (χ2v) is 15.7. The quantitative estimate of drug-likeness (QED) is 0.240. The van der Waals surface area contributed by atoms with Gasteiger partial charge in [0.1, 0.15) is 11.5 Å². The van der Waals surface area contributed by atoms with Gasteiger partial charge >= 0.3 is 0 Å². The fraction of sp³-hybridized carbons (Fsp3) is 0.400. The standard InChI is InChI=1S/C40H47N3O7S/c1-24-16-26-12-14-42(3)32-17-25-8-10-30(11-9-25)49-36-20-28(29(21-35(36)46-5)23-51(44,45)41-2)18-33-38-27(13-15-43(33)4)19-37(47-6)39(48-7)40(38)50-34(24)22-31(26)32/h8-11,16,19-22,32-33,41H,12-15,17-18,23H2,1-7H3/t32-,33-/m0/s1. The van der Waals surface area contributed by atoms with E-state index in [0.29, 0.717) is 46.5 Å². The van der Waals surface area contributed by atoms with Crippen molar-refractivity contribution in [3.63, 3.8) is 0 Å². The third kappa shape index (κ3) is 6.75. The summed E-state index contributed by atoms with van der Waals surface area (Å²) in [6, 6.07) is 18.4. The Hall–Kier alpha value is -4.29. The van der Waals surface area contributed by atoms with Crippen LogP contribution in [0, 0.1) is 6.92 Å². The fourth-order valence-electron chi connectivity index (χ4n) is 7.83. The van der Waals surface area contributed by atoms with E-state index in [1.54, 1.807) is 27.4 Å². The molecule has 0 aromatic heterocycles. The molecule has 0 unspecified atom stereocenters. The highest BCUT2D eigenvalue weighted by molar-refractivity contribution is 7.88. The summed E-state index contributed by atoms with van der Waals surface area (Å²) < 4.78 is 59.8. The van der Waals surface area contributed by atoms with E-state index in [0.717, 1.165) is 60.4 Å². The highest BCUT2D eigenvalue weighted by Crippen LogP contribution is 2.51. The molecule has 0 radical (unpaired) electrons. The summed E-state index contributed by atoms with van der Waals surface area (Å²) >= 11 is 0. The van der Waals surface area contributed by atoms with Crippen LogP contribution >= 0.6 is 0 Å². The molecule has 0 amide bonds. The van der Waals surface area contributed by atoms with E-state index >= 15 is 0 Å². The minimum Gasteiger partial charge on any atom is -0.493 e. The van der Waals surface area contributed by atoms with Crippen LogP contribution in [0.2, 0.25) is 0 Å². The Balaban J connectivity index is 1.49. The third-order valence-corrected chi connectivity index (χ3v) is 12.1. The highest BCUT2D eigenvalue weighted by atomic mass is 32.2. The summed E-state index contributed by atoms with van der Waals surface area (Å²) in [5, 5.41) is 0. The van der Waals surface area contributed by atoms with Crippen molar-refractivity contribution in [3.8, 4) is 40.2 Å². The highest BCUT2D eigenvalue weighted by Gasteiger charge is 2.35. The van der Waals surface area contributed by atoms with Crippen LogP contribution in [0.15, 0.2) is 54.6 Å². The monoisotopic (exact) mass is 713 g/mol. The lowest BCUT2D eigenvalue weighted by atomic mass is 9.86. The Morgan fingerprint density at radius 2 is 1.49 bits per heavy atom. The van der Waals surface area contributed by atoms with Crippen molar-refractivity contribution < 1.29 is 32.1 Å². The zero-order valence-electron chi connectivity index (χ0n) is 30.5. The topological polar surface area (TPSA) is 98.8 Å². The van der Waals surface area contributed by atoms with Gasteiger partial charge in [-0.05, 0) is 129 Å². The van der Waals surface area contributed by atoms with Crippen LogP contribution in [-0.2, 0) is 41.5 Å². The second kappa shape index (κ2) is 14.0. The van der Waals surface area contributed by atoms with Crippen molar-refractivity contribution in [2.75, 3.05) is 55.6 Å². The van der Waals surface area contributed by atoms with Crippen molar-refractivity contribution in [1.82, 2.24) is 14.5 Å². The molecule has 1 N–H and O–H groups in total. The Morgan fingerprint density at radius 3 is 2.18 bits per heavy atom. The maximum absolute atomic E-state index is 13.0.